The third-order valence-electron chi connectivity index (χ3n) is 11.6. The van der Waals surface area contributed by atoms with Crippen molar-refractivity contribution in [2.45, 2.75) is 0 Å². The molecule has 7 nitrogen and oxygen atoms in total. The smallest absolute Gasteiger partial charge is 0.244 e. The van der Waals surface area contributed by atoms with Gasteiger partial charge in [0.05, 0.1) is 51.4 Å². The molecule has 0 N–H and O–H groups in total. The lowest BCUT2D eigenvalue weighted by atomic mass is 10.0. The van der Waals surface area contributed by atoms with Crippen LogP contribution in [0.15, 0.2) is 170 Å². The Labute approximate surface area is 327 Å². The highest BCUT2D eigenvalue weighted by Gasteiger charge is 2.28. The molecule has 0 aliphatic rings. The van der Waals surface area contributed by atoms with E-state index in [0.29, 0.717) is 0 Å². The fourth-order valence-corrected chi connectivity index (χ4v) is 9.23. The van der Waals surface area contributed by atoms with Crippen molar-refractivity contribution in [1.29, 1.82) is 0 Å². The van der Waals surface area contributed by atoms with E-state index in [9.17, 15) is 0 Å². The Morgan fingerprint density at radius 2 is 1.16 bits per heavy atom. The van der Waals surface area contributed by atoms with Crippen molar-refractivity contribution in [2.75, 3.05) is 0 Å². The number of para-hydroxylation sites is 5. The van der Waals surface area contributed by atoms with Gasteiger partial charge in [0, 0.05) is 62.8 Å². The molecule has 0 saturated carbocycles. The maximum atomic E-state index is 6.77. The first kappa shape index (κ1) is 31.7. The molecule has 5 heterocycles. The second-order valence-electron chi connectivity index (χ2n) is 14.7. The molecule has 12 aromatic rings. The fourth-order valence-electron chi connectivity index (χ4n) is 9.23. The van der Waals surface area contributed by atoms with Crippen LogP contribution in [0.25, 0.3) is 93.6 Å². The minimum atomic E-state index is 0.737. The summed E-state index contributed by atoms with van der Waals surface area (Å²) < 4.78 is 18.0. The first-order valence-corrected chi connectivity index (χ1v) is 19.2. The third-order valence-corrected chi connectivity index (χ3v) is 11.6. The number of nitrogens with zero attached hydrogens (tertiary/aromatic N) is 6. The lowest BCUT2D eigenvalue weighted by molar-refractivity contribution is -0.572. The van der Waals surface area contributed by atoms with Gasteiger partial charge in [-0.05, 0) is 60.7 Å². The molecule has 0 bridgehead atoms. The van der Waals surface area contributed by atoms with Gasteiger partial charge in [0.1, 0.15) is 17.3 Å². The Balaban J connectivity index is 1.20. The summed E-state index contributed by atoms with van der Waals surface area (Å²) in [6.07, 6.45) is 5.33. The van der Waals surface area contributed by atoms with Gasteiger partial charge < -0.3 is 23.0 Å². The van der Waals surface area contributed by atoms with E-state index in [1.807, 2.05) is 36.0 Å². The van der Waals surface area contributed by atoms with E-state index in [1.165, 1.54) is 43.5 Å². The maximum absolute atomic E-state index is 6.77. The number of aromatic nitrogens is 6. The first-order valence-electron chi connectivity index (χ1n) is 19.2. The zero-order valence-electron chi connectivity index (χ0n) is 31.3. The molecular weight excluding hydrogens is 701 g/mol. The van der Waals surface area contributed by atoms with Crippen molar-refractivity contribution in [3.63, 3.8) is 0 Å². The lowest BCUT2D eigenvalue weighted by Gasteiger charge is -2.12. The molecule has 7 aromatic carbocycles. The van der Waals surface area contributed by atoms with Gasteiger partial charge in [-0.1, -0.05) is 97.1 Å². The highest BCUT2D eigenvalue weighted by molar-refractivity contribution is 6.40. The Morgan fingerprint density at radius 1 is 0.509 bits per heavy atom. The predicted octanol–water partition coefficient (Wildman–Crippen LogP) is 11.3. The van der Waals surface area contributed by atoms with Crippen molar-refractivity contribution < 1.29 is 9.30 Å². The summed E-state index contributed by atoms with van der Waals surface area (Å²) in [4.78, 5) is 5.00. The minimum absolute atomic E-state index is 0.737. The SMILES string of the molecule is Cn1[c-][n+](-c2cccc(Oc3ccc4c5c6c(c7ccccc7n6-c6ccccc6)c6c(c7ccccc7n6C)c5n(-c5ccccn5)c4c3)c2)c2ccccc21. The summed E-state index contributed by atoms with van der Waals surface area (Å²) in [6.45, 7) is 0. The molecule has 57 heavy (non-hydrogen) atoms. The molecule has 0 fully saturated rings. The van der Waals surface area contributed by atoms with Crippen LogP contribution in [0, 0.1) is 6.33 Å². The third kappa shape index (κ3) is 4.48. The molecule has 0 unspecified atom stereocenters. The fraction of sp³-hybridized carbons (Fsp3) is 0.0400. The number of rotatable bonds is 5. The maximum Gasteiger partial charge on any atom is 0.244 e. The van der Waals surface area contributed by atoms with Gasteiger partial charge in [0.25, 0.3) is 0 Å². The largest absolute Gasteiger partial charge is 0.458 e. The molecule has 0 aliphatic carbocycles. The highest BCUT2D eigenvalue weighted by Crippen LogP contribution is 2.49. The number of ether oxygens (including phenoxy) is 1. The van der Waals surface area contributed by atoms with Crippen LogP contribution in [0.5, 0.6) is 11.5 Å². The molecule has 0 saturated heterocycles. The van der Waals surface area contributed by atoms with Crippen LogP contribution < -0.4 is 9.30 Å². The molecule has 5 aromatic heterocycles. The van der Waals surface area contributed by atoms with Crippen molar-refractivity contribution in [3.8, 4) is 28.7 Å². The number of imidazole rings is 1. The molecule has 7 heteroatoms. The van der Waals surface area contributed by atoms with Crippen molar-refractivity contribution in [3.05, 3.63) is 176 Å². The summed E-state index contributed by atoms with van der Waals surface area (Å²) >= 11 is 0. The molecular formula is C50H34N6O. The van der Waals surface area contributed by atoms with E-state index in [1.54, 1.807) is 0 Å². The summed E-state index contributed by atoms with van der Waals surface area (Å²) in [6, 6.07) is 57.5. The van der Waals surface area contributed by atoms with E-state index in [2.05, 4.69) is 177 Å². The van der Waals surface area contributed by atoms with E-state index in [0.717, 1.165) is 61.7 Å². The zero-order chi connectivity index (χ0) is 37.8. The average molecular weight is 735 g/mol. The minimum Gasteiger partial charge on any atom is -0.458 e. The van der Waals surface area contributed by atoms with E-state index < -0.39 is 0 Å². The first-order chi connectivity index (χ1) is 28.1. The highest BCUT2D eigenvalue weighted by atomic mass is 16.5. The molecule has 0 spiro atoms. The summed E-state index contributed by atoms with van der Waals surface area (Å²) in [7, 11) is 4.22. The Hall–Kier alpha value is -7.64. The number of aryl methyl sites for hydroxylation is 2. The van der Waals surface area contributed by atoms with Crippen molar-refractivity contribution >= 4 is 76.5 Å². The van der Waals surface area contributed by atoms with Crippen molar-refractivity contribution in [1.82, 2.24) is 23.3 Å². The van der Waals surface area contributed by atoms with Gasteiger partial charge >= 0.3 is 0 Å². The lowest BCUT2D eigenvalue weighted by Crippen LogP contribution is -2.29. The van der Waals surface area contributed by atoms with Crippen LogP contribution in [-0.2, 0) is 14.1 Å². The molecule has 0 radical (unpaired) electrons. The van der Waals surface area contributed by atoms with E-state index in [4.69, 9.17) is 9.72 Å². The van der Waals surface area contributed by atoms with Crippen LogP contribution in [-0.4, -0.2) is 23.3 Å². The summed E-state index contributed by atoms with van der Waals surface area (Å²) in [5.74, 6) is 2.32. The molecule has 12 rings (SSSR count). The van der Waals surface area contributed by atoms with Crippen molar-refractivity contribution in [2.24, 2.45) is 14.1 Å². The number of hydrogen-bond donors (Lipinski definition) is 0. The average Bonchev–Trinajstić information content (AvgIpc) is 3.98. The van der Waals surface area contributed by atoms with Crippen LogP contribution >= 0.6 is 0 Å². The van der Waals surface area contributed by atoms with Gasteiger partial charge in [-0.25, -0.2) is 4.98 Å². The van der Waals surface area contributed by atoms with Crippen LogP contribution in [0.3, 0.4) is 0 Å². The van der Waals surface area contributed by atoms with Gasteiger partial charge in [-0.15, -0.1) is 0 Å². The standard InChI is InChI=1S/C50H34N6O/c1-52-31-54(42-24-11-10-23-41(42)52)33-17-14-18-34(29-33)57-35-26-27-38-43(30-35)56(44-25-12-13-28-51-44)50-45-36-19-6-8-21-39(36)53(2)48(45)46-37-20-7-9-22-40(37)55(49(46)47(38)50)32-15-4-3-5-16-32/h3-30H,1-2H3. The topological polar surface area (TPSA) is 45.7 Å². The van der Waals surface area contributed by atoms with Gasteiger partial charge in [-0.2, -0.15) is 0 Å². The van der Waals surface area contributed by atoms with Crippen LogP contribution in [0.1, 0.15) is 0 Å². The van der Waals surface area contributed by atoms with E-state index in [-0.39, 0.29) is 0 Å². The van der Waals surface area contributed by atoms with Crippen LogP contribution in [0.2, 0.25) is 0 Å². The van der Waals surface area contributed by atoms with Gasteiger partial charge in [0.2, 0.25) is 6.33 Å². The molecule has 0 atom stereocenters. The number of fused-ring (bicyclic) bond motifs is 13. The second-order valence-corrected chi connectivity index (χ2v) is 14.7. The normalized spacial score (nSPS) is 12.0. The van der Waals surface area contributed by atoms with E-state index >= 15 is 0 Å². The quantitative estimate of drug-likeness (QED) is 0.131. The summed E-state index contributed by atoms with van der Waals surface area (Å²) in [5.41, 5.74) is 11.1. The molecule has 270 valence electrons. The number of benzene rings is 7. The zero-order valence-corrected chi connectivity index (χ0v) is 31.3. The molecule has 0 aliphatic heterocycles. The number of pyridine rings is 1. The van der Waals surface area contributed by atoms with Gasteiger partial charge in [-0.3, -0.25) is 4.57 Å². The predicted molar refractivity (Wildman–Crippen MR) is 230 cm³/mol. The molecule has 0 amide bonds. The Bertz CT molecular complexity index is 3570. The number of hydrogen-bond acceptors (Lipinski definition) is 2. The summed E-state index contributed by atoms with van der Waals surface area (Å²) in [5, 5.41) is 7.15. The monoisotopic (exact) mass is 734 g/mol. The van der Waals surface area contributed by atoms with Gasteiger partial charge in [0.15, 0.2) is 0 Å². The Morgan fingerprint density at radius 3 is 1.96 bits per heavy atom. The second kappa shape index (κ2) is 11.9. The Kier molecular flexibility index (Phi) is 6.63. The van der Waals surface area contributed by atoms with Crippen LogP contribution in [0.4, 0.5) is 0 Å².